The molecule has 1 amide bonds. The number of halogens is 2. The normalized spacial score (nSPS) is 13.6. The van der Waals surface area contributed by atoms with Crippen LogP contribution in [0.15, 0.2) is 23.7 Å². The van der Waals surface area contributed by atoms with Gasteiger partial charge >= 0.3 is 0 Å². The number of nitrogens with zero attached hydrogens (tertiary/aromatic N) is 3. The Kier molecular flexibility index (Phi) is 9.13. The summed E-state index contributed by atoms with van der Waals surface area (Å²) in [6, 6.07) is 3.85. The van der Waals surface area contributed by atoms with E-state index in [0.29, 0.717) is 24.5 Å². The lowest BCUT2D eigenvalue weighted by molar-refractivity contribution is 0.102. The van der Waals surface area contributed by atoms with E-state index in [4.69, 9.17) is 5.73 Å². The Morgan fingerprint density at radius 2 is 2.00 bits per heavy atom. The first-order valence-electron chi connectivity index (χ1n) is 7.93. The molecule has 6 nitrogen and oxygen atoms in total. The van der Waals surface area contributed by atoms with Crippen LogP contribution in [0.3, 0.4) is 0 Å². The van der Waals surface area contributed by atoms with E-state index in [1.807, 2.05) is 18.3 Å². The first-order chi connectivity index (χ1) is 11.3. The molecule has 138 valence electrons. The van der Waals surface area contributed by atoms with Crippen LogP contribution in [0.5, 0.6) is 0 Å². The molecule has 3 N–H and O–H groups in total. The first-order valence-corrected chi connectivity index (χ1v) is 8.81. The molecule has 1 aliphatic heterocycles. The summed E-state index contributed by atoms with van der Waals surface area (Å²) in [6.45, 7) is 2.69. The fraction of sp³-hybridized carbons (Fsp3) is 0.438. The highest BCUT2D eigenvalue weighted by molar-refractivity contribution is 7.09. The quantitative estimate of drug-likeness (QED) is 0.800. The summed E-state index contributed by atoms with van der Waals surface area (Å²) in [5, 5.41) is 5.42. The lowest BCUT2D eigenvalue weighted by Gasteiger charge is -2.28. The maximum absolute atomic E-state index is 12.2. The Morgan fingerprint density at radius 3 is 2.64 bits per heavy atom. The molecular weight excluding hydrogens is 381 g/mol. The minimum atomic E-state index is -0.234. The van der Waals surface area contributed by atoms with Gasteiger partial charge in [-0.2, -0.15) is 0 Å². The van der Waals surface area contributed by atoms with Crippen molar-refractivity contribution in [3.63, 3.8) is 0 Å². The van der Waals surface area contributed by atoms with Crippen molar-refractivity contribution in [1.82, 2.24) is 9.97 Å². The molecule has 2 aromatic heterocycles. The number of piperidine rings is 1. The number of hydrogen-bond donors (Lipinski definition) is 2. The van der Waals surface area contributed by atoms with Crippen LogP contribution in [0, 0.1) is 0 Å². The van der Waals surface area contributed by atoms with E-state index < -0.39 is 0 Å². The number of nitrogens with one attached hydrogen (secondary N) is 1. The molecule has 1 fully saturated rings. The number of pyridine rings is 1. The Labute approximate surface area is 164 Å². The second kappa shape index (κ2) is 10.6. The minimum Gasteiger partial charge on any atom is -0.370 e. The maximum atomic E-state index is 12.2. The lowest BCUT2D eigenvalue weighted by atomic mass is 10.1. The molecule has 9 heteroatoms. The van der Waals surface area contributed by atoms with E-state index >= 15 is 0 Å². The zero-order chi connectivity index (χ0) is 16.1. The number of thiazole rings is 1. The summed E-state index contributed by atoms with van der Waals surface area (Å²) in [5.41, 5.74) is 7.03. The summed E-state index contributed by atoms with van der Waals surface area (Å²) >= 11 is 1.46. The summed E-state index contributed by atoms with van der Waals surface area (Å²) in [7, 11) is 0. The van der Waals surface area contributed by atoms with E-state index in [0.717, 1.165) is 23.8 Å². The third-order valence-electron chi connectivity index (χ3n) is 3.85. The fourth-order valence-electron chi connectivity index (χ4n) is 2.63. The largest absolute Gasteiger partial charge is 0.370 e. The Bertz CT molecular complexity index is 659. The standard InChI is InChI=1S/C16H21N5OS.2ClH/c17-7-6-15-19-13(11-23-15)16(22)20-14-5-4-12(10-18-14)21-8-2-1-3-9-21;;/h4-5,10-11H,1-3,6-9,17H2,(H,18,20,22);2*1H. The van der Waals surface area contributed by atoms with Crippen molar-refractivity contribution in [3.05, 3.63) is 34.4 Å². The number of rotatable bonds is 5. The Balaban J connectivity index is 0.00000156. The number of carbonyl (C=O) groups is 1. The number of nitrogens with two attached hydrogens (primary N) is 1. The van der Waals surface area contributed by atoms with Crippen molar-refractivity contribution in [2.24, 2.45) is 5.73 Å². The molecule has 2 aromatic rings. The summed E-state index contributed by atoms with van der Waals surface area (Å²) in [5.74, 6) is 0.312. The highest BCUT2D eigenvalue weighted by Gasteiger charge is 2.13. The van der Waals surface area contributed by atoms with Gasteiger partial charge in [0.2, 0.25) is 0 Å². The van der Waals surface area contributed by atoms with E-state index in [2.05, 4.69) is 20.2 Å². The van der Waals surface area contributed by atoms with Gasteiger partial charge in [-0.1, -0.05) is 0 Å². The molecule has 25 heavy (non-hydrogen) atoms. The number of aromatic nitrogens is 2. The number of amides is 1. The minimum absolute atomic E-state index is 0. The first kappa shape index (κ1) is 21.6. The molecule has 0 aliphatic carbocycles. The molecule has 0 saturated carbocycles. The van der Waals surface area contributed by atoms with Gasteiger partial charge < -0.3 is 16.0 Å². The van der Waals surface area contributed by atoms with Crippen LogP contribution in [-0.4, -0.2) is 35.5 Å². The van der Waals surface area contributed by atoms with Gasteiger partial charge in [-0.05, 0) is 37.9 Å². The number of hydrogen-bond acceptors (Lipinski definition) is 6. The van der Waals surface area contributed by atoms with Gasteiger partial charge in [0, 0.05) is 24.9 Å². The van der Waals surface area contributed by atoms with E-state index in [1.54, 1.807) is 5.38 Å². The van der Waals surface area contributed by atoms with Gasteiger partial charge in [0.05, 0.1) is 16.9 Å². The Morgan fingerprint density at radius 1 is 1.24 bits per heavy atom. The highest BCUT2D eigenvalue weighted by atomic mass is 35.5. The van der Waals surface area contributed by atoms with Crippen LogP contribution in [0.2, 0.25) is 0 Å². The predicted octanol–water partition coefficient (Wildman–Crippen LogP) is 3.13. The van der Waals surface area contributed by atoms with Gasteiger partial charge in [-0.15, -0.1) is 36.2 Å². The molecule has 0 aromatic carbocycles. The smallest absolute Gasteiger partial charge is 0.276 e. The van der Waals surface area contributed by atoms with Crippen molar-refractivity contribution < 1.29 is 4.79 Å². The van der Waals surface area contributed by atoms with Crippen LogP contribution < -0.4 is 16.0 Å². The van der Waals surface area contributed by atoms with Crippen LogP contribution in [-0.2, 0) is 6.42 Å². The summed E-state index contributed by atoms with van der Waals surface area (Å²) < 4.78 is 0. The van der Waals surface area contributed by atoms with E-state index in [9.17, 15) is 4.79 Å². The molecule has 0 atom stereocenters. The topological polar surface area (TPSA) is 84.1 Å². The van der Waals surface area contributed by atoms with Gasteiger partial charge in [-0.25, -0.2) is 9.97 Å². The third kappa shape index (κ3) is 5.81. The Hall–Kier alpha value is -1.41. The summed E-state index contributed by atoms with van der Waals surface area (Å²) in [6.07, 6.45) is 6.28. The van der Waals surface area contributed by atoms with Crippen LogP contribution >= 0.6 is 36.2 Å². The van der Waals surface area contributed by atoms with Crippen LogP contribution in [0.4, 0.5) is 11.5 Å². The lowest BCUT2D eigenvalue weighted by Crippen LogP contribution is -2.29. The van der Waals surface area contributed by atoms with Crippen molar-refractivity contribution in [2.45, 2.75) is 25.7 Å². The predicted molar refractivity (Wildman–Crippen MR) is 108 cm³/mol. The SMILES string of the molecule is Cl.Cl.NCCc1nc(C(=O)Nc2ccc(N3CCCCC3)cn2)cs1. The van der Waals surface area contributed by atoms with Gasteiger partial charge in [0.15, 0.2) is 0 Å². The molecule has 0 unspecified atom stereocenters. The molecule has 1 saturated heterocycles. The van der Waals surface area contributed by atoms with Gasteiger partial charge in [-0.3, -0.25) is 4.79 Å². The van der Waals surface area contributed by atoms with Crippen molar-refractivity contribution >= 4 is 53.6 Å². The molecule has 3 heterocycles. The second-order valence-electron chi connectivity index (χ2n) is 5.57. The van der Waals surface area contributed by atoms with Crippen LogP contribution in [0.1, 0.15) is 34.8 Å². The number of carbonyl (C=O) groups excluding carboxylic acids is 1. The molecule has 0 bridgehead atoms. The van der Waals surface area contributed by atoms with Crippen molar-refractivity contribution in [3.8, 4) is 0 Å². The fourth-order valence-corrected chi connectivity index (χ4v) is 3.43. The maximum Gasteiger partial charge on any atom is 0.276 e. The zero-order valence-electron chi connectivity index (χ0n) is 13.8. The molecular formula is C16H23Cl2N5OS. The third-order valence-corrected chi connectivity index (χ3v) is 4.76. The molecule has 3 rings (SSSR count). The monoisotopic (exact) mass is 403 g/mol. The molecule has 1 aliphatic rings. The summed E-state index contributed by atoms with van der Waals surface area (Å²) in [4.78, 5) is 23.1. The van der Waals surface area contributed by atoms with E-state index in [-0.39, 0.29) is 30.7 Å². The van der Waals surface area contributed by atoms with E-state index in [1.165, 1.54) is 30.6 Å². The molecule has 0 spiro atoms. The highest BCUT2D eigenvalue weighted by Crippen LogP contribution is 2.20. The average molecular weight is 404 g/mol. The second-order valence-corrected chi connectivity index (χ2v) is 6.51. The van der Waals surface area contributed by atoms with Gasteiger partial charge in [0.1, 0.15) is 11.5 Å². The van der Waals surface area contributed by atoms with Crippen molar-refractivity contribution in [2.75, 3.05) is 29.9 Å². The average Bonchev–Trinajstić information content (AvgIpc) is 3.06. The van der Waals surface area contributed by atoms with Crippen LogP contribution in [0.25, 0.3) is 0 Å². The van der Waals surface area contributed by atoms with Crippen molar-refractivity contribution in [1.29, 1.82) is 0 Å². The zero-order valence-corrected chi connectivity index (χ0v) is 16.3. The molecule has 0 radical (unpaired) electrons. The number of anilines is 2. The van der Waals surface area contributed by atoms with Gasteiger partial charge in [0.25, 0.3) is 5.91 Å².